The van der Waals surface area contributed by atoms with Gasteiger partial charge in [-0.1, -0.05) is 12.8 Å². The summed E-state index contributed by atoms with van der Waals surface area (Å²) in [5.41, 5.74) is 0.811. The minimum absolute atomic E-state index is 0.811. The zero-order chi connectivity index (χ0) is 6.86. The molecule has 2 rings (SSSR count). The van der Waals surface area contributed by atoms with Crippen molar-refractivity contribution in [1.82, 2.24) is 0 Å². The molecule has 2 radical (unpaired) electrons. The average molecular weight is 136 g/mol. The van der Waals surface area contributed by atoms with Crippen molar-refractivity contribution >= 4 is 0 Å². The largest absolute Gasteiger partial charge is 0.0528 e. The van der Waals surface area contributed by atoms with E-state index in [4.69, 9.17) is 0 Å². The third-order valence-electron chi connectivity index (χ3n) is 3.33. The molecule has 0 aromatic carbocycles. The molecule has 0 nitrogen and oxygen atoms in total. The molecule has 56 valence electrons. The van der Waals surface area contributed by atoms with Crippen LogP contribution in [0.15, 0.2) is 0 Å². The molecule has 0 unspecified atom stereocenters. The summed E-state index contributed by atoms with van der Waals surface area (Å²) >= 11 is 0. The summed E-state index contributed by atoms with van der Waals surface area (Å²) in [6.07, 6.45) is 14.9. The van der Waals surface area contributed by atoms with Gasteiger partial charge in [-0.25, -0.2) is 0 Å². The van der Waals surface area contributed by atoms with E-state index in [1.54, 1.807) is 0 Å². The molecule has 0 heteroatoms. The summed E-state index contributed by atoms with van der Waals surface area (Å²) in [6, 6.07) is 0. The molecule has 0 aliphatic heterocycles. The minimum Gasteiger partial charge on any atom is -0.0528 e. The van der Waals surface area contributed by atoms with Crippen LogP contribution in [0.2, 0.25) is 0 Å². The molecule has 2 aliphatic rings. The van der Waals surface area contributed by atoms with E-state index in [0.717, 1.165) is 5.41 Å². The summed E-state index contributed by atoms with van der Waals surface area (Å²) in [7, 11) is 0. The number of hydrogen-bond donors (Lipinski definition) is 0. The van der Waals surface area contributed by atoms with Crippen molar-refractivity contribution in [3.8, 4) is 0 Å². The Morgan fingerprint density at radius 3 is 2.00 bits per heavy atom. The Labute approximate surface area is 64.0 Å². The molecule has 10 heavy (non-hydrogen) atoms. The maximum atomic E-state index is 3.44. The summed E-state index contributed by atoms with van der Waals surface area (Å²) in [5, 5.41) is 0. The second kappa shape index (κ2) is 2.56. The van der Waals surface area contributed by atoms with Crippen LogP contribution in [0, 0.1) is 11.8 Å². The van der Waals surface area contributed by atoms with Crippen LogP contribution in [-0.2, 0) is 0 Å². The number of rotatable bonds is 0. The fraction of sp³-hybridized carbons (Fsp3) is 0.900. The molecule has 2 saturated carbocycles. The smallest absolute Gasteiger partial charge is 0.0173 e. The lowest BCUT2D eigenvalue weighted by atomic mass is 9.73. The molecule has 0 amide bonds. The first-order valence-electron chi connectivity index (χ1n) is 4.62. The van der Waals surface area contributed by atoms with E-state index in [9.17, 15) is 0 Å². The van der Waals surface area contributed by atoms with Crippen LogP contribution in [0.1, 0.15) is 51.4 Å². The van der Waals surface area contributed by atoms with E-state index in [2.05, 4.69) is 6.42 Å². The molecule has 0 saturated heterocycles. The van der Waals surface area contributed by atoms with Crippen LogP contribution >= 0.6 is 0 Å². The lowest BCUT2D eigenvalue weighted by molar-refractivity contribution is 0.222. The highest BCUT2D eigenvalue weighted by Gasteiger charge is 2.34. The second-order valence-corrected chi connectivity index (χ2v) is 3.96. The van der Waals surface area contributed by atoms with Crippen molar-refractivity contribution < 1.29 is 0 Å². The SMILES string of the molecule is [C]1CCC2(CC1)CCCC2. The summed E-state index contributed by atoms with van der Waals surface area (Å²) in [5.74, 6) is 0. The van der Waals surface area contributed by atoms with Gasteiger partial charge in [0.2, 0.25) is 0 Å². The summed E-state index contributed by atoms with van der Waals surface area (Å²) < 4.78 is 0. The molecule has 2 aliphatic carbocycles. The van der Waals surface area contributed by atoms with Gasteiger partial charge in [0.1, 0.15) is 0 Å². The maximum absolute atomic E-state index is 3.44. The van der Waals surface area contributed by atoms with Crippen LogP contribution in [0.5, 0.6) is 0 Å². The van der Waals surface area contributed by atoms with Crippen molar-refractivity contribution in [2.45, 2.75) is 51.4 Å². The predicted molar refractivity (Wildman–Crippen MR) is 42.6 cm³/mol. The molecule has 0 heterocycles. The van der Waals surface area contributed by atoms with Gasteiger partial charge in [0.15, 0.2) is 0 Å². The zero-order valence-corrected chi connectivity index (χ0v) is 6.66. The Morgan fingerprint density at radius 1 is 0.800 bits per heavy atom. The fourth-order valence-corrected chi connectivity index (χ4v) is 2.58. The highest BCUT2D eigenvalue weighted by molar-refractivity contribution is 4.91. The van der Waals surface area contributed by atoms with Gasteiger partial charge in [-0.2, -0.15) is 0 Å². The fourth-order valence-electron chi connectivity index (χ4n) is 2.58. The van der Waals surface area contributed by atoms with Crippen LogP contribution in [-0.4, -0.2) is 0 Å². The molecular weight excluding hydrogens is 120 g/mol. The Bertz CT molecular complexity index is 101. The molecule has 1 spiro atoms. The monoisotopic (exact) mass is 136 g/mol. The first-order chi connectivity index (χ1) is 4.91. The zero-order valence-electron chi connectivity index (χ0n) is 6.66. The van der Waals surface area contributed by atoms with Crippen molar-refractivity contribution in [2.75, 3.05) is 0 Å². The van der Waals surface area contributed by atoms with Gasteiger partial charge < -0.3 is 0 Å². The van der Waals surface area contributed by atoms with Crippen LogP contribution in [0.3, 0.4) is 0 Å². The molecular formula is C10H16. The summed E-state index contributed by atoms with van der Waals surface area (Å²) in [4.78, 5) is 0. The molecule has 0 aromatic heterocycles. The third kappa shape index (κ3) is 1.09. The lowest BCUT2D eigenvalue weighted by Gasteiger charge is -2.32. The van der Waals surface area contributed by atoms with E-state index in [0.29, 0.717) is 0 Å². The highest BCUT2D eigenvalue weighted by atomic mass is 14.4. The van der Waals surface area contributed by atoms with E-state index in [1.165, 1.54) is 51.4 Å². The van der Waals surface area contributed by atoms with E-state index in [1.807, 2.05) is 0 Å². The van der Waals surface area contributed by atoms with Gasteiger partial charge in [0.25, 0.3) is 0 Å². The molecule has 2 fully saturated rings. The van der Waals surface area contributed by atoms with Crippen molar-refractivity contribution in [3.05, 3.63) is 6.42 Å². The van der Waals surface area contributed by atoms with Crippen LogP contribution in [0.4, 0.5) is 0 Å². The summed E-state index contributed by atoms with van der Waals surface area (Å²) in [6.45, 7) is 0. The van der Waals surface area contributed by atoms with E-state index >= 15 is 0 Å². The lowest BCUT2D eigenvalue weighted by Crippen LogP contribution is -2.19. The van der Waals surface area contributed by atoms with Gasteiger partial charge in [0.05, 0.1) is 0 Å². The molecule has 0 aromatic rings. The van der Waals surface area contributed by atoms with Gasteiger partial charge in [-0.05, 0) is 50.4 Å². The normalized spacial score (nSPS) is 31.2. The quantitative estimate of drug-likeness (QED) is 0.479. The average Bonchev–Trinajstić information content (AvgIpc) is 2.39. The Hall–Kier alpha value is 0. The van der Waals surface area contributed by atoms with Crippen LogP contribution in [0.25, 0.3) is 0 Å². The highest BCUT2D eigenvalue weighted by Crippen LogP contribution is 2.48. The second-order valence-electron chi connectivity index (χ2n) is 3.96. The minimum atomic E-state index is 0.811. The Balaban J connectivity index is 1.98. The first kappa shape index (κ1) is 6.69. The van der Waals surface area contributed by atoms with E-state index < -0.39 is 0 Å². The third-order valence-corrected chi connectivity index (χ3v) is 3.33. The van der Waals surface area contributed by atoms with Crippen LogP contribution < -0.4 is 0 Å². The van der Waals surface area contributed by atoms with Crippen molar-refractivity contribution in [3.63, 3.8) is 0 Å². The molecule has 0 atom stereocenters. The van der Waals surface area contributed by atoms with Gasteiger partial charge in [-0.15, -0.1) is 0 Å². The molecule has 0 bridgehead atoms. The predicted octanol–water partition coefficient (Wildman–Crippen LogP) is 3.20. The Morgan fingerprint density at radius 2 is 1.40 bits per heavy atom. The maximum Gasteiger partial charge on any atom is -0.0173 e. The van der Waals surface area contributed by atoms with Gasteiger partial charge >= 0.3 is 0 Å². The molecule has 0 N–H and O–H groups in total. The van der Waals surface area contributed by atoms with Gasteiger partial charge in [0, 0.05) is 0 Å². The first-order valence-corrected chi connectivity index (χ1v) is 4.62. The standard InChI is InChI=1S/C10H16/c1-2-6-10(7-3-1)8-4-5-9-10/h2-9H2. The Kier molecular flexibility index (Phi) is 1.71. The van der Waals surface area contributed by atoms with Crippen molar-refractivity contribution in [1.29, 1.82) is 0 Å². The van der Waals surface area contributed by atoms with Crippen molar-refractivity contribution in [2.24, 2.45) is 5.41 Å². The van der Waals surface area contributed by atoms with E-state index in [-0.39, 0.29) is 0 Å². The van der Waals surface area contributed by atoms with Gasteiger partial charge in [-0.3, -0.25) is 0 Å². The number of hydrogen-bond acceptors (Lipinski definition) is 0. The topological polar surface area (TPSA) is 0 Å².